The lowest BCUT2D eigenvalue weighted by Crippen LogP contribution is -2.43. The Morgan fingerprint density at radius 1 is 1.55 bits per heavy atom. The average Bonchev–Trinajstić information content (AvgIpc) is 2.97. The van der Waals surface area contributed by atoms with Crippen LogP contribution in [0.15, 0.2) is 6.07 Å². The number of fused-ring (bicyclic) bond motifs is 1. The molecule has 124 valence electrons. The maximum absolute atomic E-state index is 11.9. The van der Waals surface area contributed by atoms with Gasteiger partial charge in [0.1, 0.15) is 0 Å². The van der Waals surface area contributed by atoms with Gasteiger partial charge in [-0.05, 0) is 46.2 Å². The highest BCUT2D eigenvalue weighted by Crippen LogP contribution is 2.53. The molecule has 0 aliphatic carbocycles. The molecule has 2 atom stereocenters. The van der Waals surface area contributed by atoms with Crippen LogP contribution in [-0.2, 0) is 17.5 Å². The molecule has 2 aliphatic rings. The summed E-state index contributed by atoms with van der Waals surface area (Å²) < 4.78 is 18.9. The molecule has 0 amide bonds. The molecule has 1 aromatic heterocycles. The van der Waals surface area contributed by atoms with Crippen LogP contribution in [0.2, 0.25) is 0 Å². The van der Waals surface area contributed by atoms with Gasteiger partial charge in [0.2, 0.25) is 5.88 Å². The van der Waals surface area contributed by atoms with Crippen molar-refractivity contribution >= 4 is 11.0 Å². The van der Waals surface area contributed by atoms with Gasteiger partial charge in [0, 0.05) is 29.6 Å². The minimum Gasteiger partial charge on any atom is -0.480 e. The Bertz CT molecular complexity index is 578. The molecule has 0 saturated carbocycles. The van der Waals surface area contributed by atoms with Crippen LogP contribution >= 0.6 is 0 Å². The fraction of sp³-hybridized carbons (Fsp3) is 0.800. The number of aromatic nitrogens is 2. The molecular weight excluding hydrogens is 300 g/mol. The lowest BCUT2D eigenvalue weighted by Gasteiger charge is -2.41. The molecule has 0 aromatic carbocycles. The predicted molar refractivity (Wildman–Crippen MR) is 87.1 cm³/mol. The van der Waals surface area contributed by atoms with E-state index >= 15 is 0 Å². The second-order valence-corrected chi connectivity index (χ2v) is 8.90. The van der Waals surface area contributed by atoms with E-state index in [0.717, 1.165) is 38.9 Å². The third-order valence-corrected chi connectivity index (χ3v) is 6.65. The molecule has 1 aromatic rings. The van der Waals surface area contributed by atoms with Crippen molar-refractivity contribution in [1.82, 2.24) is 15.1 Å². The zero-order valence-corrected chi connectivity index (χ0v) is 14.4. The number of hydrogen-bond donors (Lipinski definition) is 2. The summed E-state index contributed by atoms with van der Waals surface area (Å²) in [7, 11) is 0.304. The summed E-state index contributed by atoms with van der Waals surface area (Å²) in [5, 5.41) is 13.7. The third-order valence-electron chi connectivity index (χ3n) is 5.40. The minimum absolute atomic E-state index is 0.205. The largest absolute Gasteiger partial charge is 0.480 e. The van der Waals surface area contributed by atoms with Crippen LogP contribution < -0.4 is 15.2 Å². The van der Waals surface area contributed by atoms with Crippen LogP contribution in [0.5, 0.6) is 5.88 Å². The van der Waals surface area contributed by atoms with Gasteiger partial charge in [-0.3, -0.25) is 9.82 Å². The summed E-state index contributed by atoms with van der Waals surface area (Å²) in [4.78, 5) is 0. The van der Waals surface area contributed by atoms with Crippen molar-refractivity contribution in [2.45, 2.75) is 50.3 Å². The molecule has 0 radical (unpaired) electrons. The Kier molecular flexibility index (Phi) is 4.07. The van der Waals surface area contributed by atoms with Crippen molar-refractivity contribution in [2.75, 3.05) is 20.2 Å². The zero-order chi connectivity index (χ0) is 16.0. The maximum Gasteiger partial charge on any atom is 0.232 e. The molecule has 3 rings (SSSR count). The van der Waals surface area contributed by atoms with Crippen molar-refractivity contribution in [2.24, 2.45) is 10.6 Å². The Morgan fingerprint density at radius 3 is 2.82 bits per heavy atom. The monoisotopic (exact) mass is 326 g/mol. The lowest BCUT2D eigenvalue weighted by atomic mass is 9.67. The smallest absolute Gasteiger partial charge is 0.232 e. The summed E-state index contributed by atoms with van der Waals surface area (Å²) in [6.45, 7) is 6.98. The van der Waals surface area contributed by atoms with Crippen molar-refractivity contribution < 1.29 is 8.95 Å². The highest BCUT2D eigenvalue weighted by atomic mass is 32.2. The Labute approximate surface area is 134 Å². The zero-order valence-electron chi connectivity index (χ0n) is 13.6. The van der Waals surface area contributed by atoms with Gasteiger partial charge in [-0.15, -0.1) is 5.10 Å². The van der Waals surface area contributed by atoms with Crippen molar-refractivity contribution in [3.8, 4) is 5.88 Å². The lowest BCUT2D eigenvalue weighted by molar-refractivity contribution is 0.144. The van der Waals surface area contributed by atoms with E-state index in [2.05, 4.69) is 15.1 Å². The Hall–Kier alpha value is -0.920. The van der Waals surface area contributed by atoms with E-state index in [1.807, 2.05) is 19.9 Å². The molecule has 3 N–H and O–H groups in total. The van der Waals surface area contributed by atoms with Gasteiger partial charge in [-0.25, -0.2) is 4.21 Å². The number of nitrogens with zero attached hydrogens (tertiary/aromatic N) is 2. The first-order chi connectivity index (χ1) is 10.4. The van der Waals surface area contributed by atoms with Gasteiger partial charge in [-0.1, -0.05) is 0 Å². The first kappa shape index (κ1) is 16.0. The highest BCUT2D eigenvalue weighted by Gasteiger charge is 2.50. The third kappa shape index (κ3) is 2.59. The van der Waals surface area contributed by atoms with E-state index in [9.17, 15) is 4.21 Å². The molecule has 3 heterocycles. The van der Waals surface area contributed by atoms with Gasteiger partial charge in [-0.2, -0.15) is 0 Å². The van der Waals surface area contributed by atoms with Crippen LogP contribution in [-0.4, -0.2) is 38.9 Å². The fourth-order valence-electron chi connectivity index (χ4n) is 3.96. The topological polar surface area (TPSA) is 82.2 Å². The van der Waals surface area contributed by atoms with Gasteiger partial charge >= 0.3 is 0 Å². The minimum atomic E-state index is -1.34. The second-order valence-electron chi connectivity index (χ2n) is 7.20. The highest BCUT2D eigenvalue weighted by molar-refractivity contribution is 7.84. The van der Waals surface area contributed by atoms with Crippen LogP contribution in [0.25, 0.3) is 0 Å². The molecule has 22 heavy (non-hydrogen) atoms. The number of rotatable bonds is 4. The van der Waals surface area contributed by atoms with Crippen LogP contribution in [0.3, 0.4) is 0 Å². The predicted octanol–water partition coefficient (Wildman–Crippen LogP) is 1.15. The van der Waals surface area contributed by atoms with E-state index in [4.69, 9.17) is 9.88 Å². The summed E-state index contributed by atoms with van der Waals surface area (Å²) >= 11 is 0. The van der Waals surface area contributed by atoms with E-state index in [1.165, 1.54) is 5.69 Å². The Balaban J connectivity index is 1.96. The SMILES string of the molecule is COc1cc2n(n1)CC1(CCNCC1)[C@@H]2CC(C)(C)S(N)=O. The van der Waals surface area contributed by atoms with Crippen LogP contribution in [0.4, 0.5) is 0 Å². The van der Waals surface area contributed by atoms with Crippen molar-refractivity contribution in [3.63, 3.8) is 0 Å². The second kappa shape index (κ2) is 5.62. The number of hydrogen-bond acceptors (Lipinski definition) is 4. The van der Waals surface area contributed by atoms with E-state index in [-0.39, 0.29) is 5.41 Å². The molecule has 1 spiro atoms. The molecule has 2 aliphatic heterocycles. The van der Waals surface area contributed by atoms with Crippen molar-refractivity contribution in [1.29, 1.82) is 0 Å². The van der Waals surface area contributed by atoms with Crippen LogP contribution in [0, 0.1) is 5.41 Å². The summed E-state index contributed by atoms with van der Waals surface area (Å²) in [6.07, 6.45) is 3.05. The normalized spacial score (nSPS) is 25.2. The molecule has 7 heteroatoms. The summed E-state index contributed by atoms with van der Waals surface area (Å²) in [6, 6.07) is 2.04. The fourth-order valence-corrected chi connectivity index (χ4v) is 4.29. The number of nitrogens with one attached hydrogen (secondary N) is 1. The number of piperidine rings is 1. The van der Waals surface area contributed by atoms with E-state index < -0.39 is 15.7 Å². The maximum atomic E-state index is 11.9. The Morgan fingerprint density at radius 2 is 2.23 bits per heavy atom. The van der Waals surface area contributed by atoms with E-state index in [0.29, 0.717) is 11.8 Å². The van der Waals surface area contributed by atoms with Gasteiger partial charge < -0.3 is 10.1 Å². The van der Waals surface area contributed by atoms with Gasteiger partial charge in [0.05, 0.1) is 22.8 Å². The molecule has 1 saturated heterocycles. The summed E-state index contributed by atoms with van der Waals surface area (Å²) in [5.74, 6) is 0.990. The molecule has 1 unspecified atom stereocenters. The first-order valence-corrected chi connectivity index (χ1v) is 9.08. The molecule has 1 fully saturated rings. The number of ether oxygens (including phenoxy) is 1. The molecular formula is C15H26N4O2S. The average molecular weight is 326 g/mol. The summed E-state index contributed by atoms with van der Waals surface area (Å²) in [5.41, 5.74) is 1.41. The van der Waals surface area contributed by atoms with Crippen molar-refractivity contribution in [3.05, 3.63) is 11.8 Å². The first-order valence-electron chi connectivity index (χ1n) is 7.87. The van der Waals surface area contributed by atoms with E-state index in [1.54, 1.807) is 7.11 Å². The number of methoxy groups -OCH3 is 1. The van der Waals surface area contributed by atoms with Crippen LogP contribution in [0.1, 0.15) is 44.7 Å². The van der Waals surface area contributed by atoms with Gasteiger partial charge in [0.15, 0.2) is 0 Å². The van der Waals surface area contributed by atoms with Gasteiger partial charge in [0.25, 0.3) is 0 Å². The molecule has 0 bridgehead atoms. The quantitative estimate of drug-likeness (QED) is 0.869. The standard InChI is InChI=1S/C15H26N4O2S/c1-14(2,22(16)20)9-11-12-8-13(21-3)18-19(12)10-15(11)4-6-17-7-5-15/h8,11,17H,4-7,9-10,16H2,1-3H3/t11-,22?/m1/s1. The number of nitrogens with two attached hydrogens (primary N) is 1. The molecule has 6 nitrogen and oxygen atoms in total.